The van der Waals surface area contributed by atoms with Gasteiger partial charge in [-0.2, -0.15) is 0 Å². The summed E-state index contributed by atoms with van der Waals surface area (Å²) in [7, 11) is 0. The van der Waals surface area contributed by atoms with Gasteiger partial charge in [0.1, 0.15) is 5.76 Å². The van der Waals surface area contributed by atoms with Gasteiger partial charge in [0.15, 0.2) is 5.76 Å². The van der Waals surface area contributed by atoms with Gasteiger partial charge in [-0.15, -0.1) is 0 Å². The average Bonchev–Trinajstić information content (AvgIpc) is 3.10. The minimum Gasteiger partial charge on any atom is -0.451 e. The molecule has 2 aromatic rings. The van der Waals surface area contributed by atoms with Crippen molar-refractivity contribution in [1.82, 2.24) is 10.2 Å². The number of nitrogens with one attached hydrogen (secondary N) is 1. The number of morpholine rings is 1. The number of rotatable bonds is 6. The van der Waals surface area contributed by atoms with Crippen LogP contribution >= 0.6 is 15.9 Å². The first-order chi connectivity index (χ1) is 11.7. The first-order valence-electron chi connectivity index (χ1n) is 8.16. The molecular formula is C18H21BrN2O3. The molecule has 0 unspecified atom stereocenters. The molecule has 0 bridgehead atoms. The molecule has 1 aromatic heterocycles. The summed E-state index contributed by atoms with van der Waals surface area (Å²) in [5.74, 6) is 0.876. The molecule has 24 heavy (non-hydrogen) atoms. The van der Waals surface area contributed by atoms with Gasteiger partial charge in [-0.05, 0) is 37.2 Å². The third-order valence-corrected chi connectivity index (χ3v) is 4.53. The number of hydrogen-bond acceptors (Lipinski definition) is 4. The smallest absolute Gasteiger partial charge is 0.287 e. The number of carbonyl (C=O) groups is 1. The second-order valence-electron chi connectivity index (χ2n) is 5.73. The Morgan fingerprint density at radius 2 is 1.88 bits per heavy atom. The largest absolute Gasteiger partial charge is 0.451 e. The maximum Gasteiger partial charge on any atom is 0.287 e. The lowest BCUT2D eigenvalue weighted by atomic mass is 10.2. The molecule has 1 aromatic carbocycles. The molecule has 1 amide bonds. The first-order valence-corrected chi connectivity index (χ1v) is 8.96. The van der Waals surface area contributed by atoms with Gasteiger partial charge in [-0.25, -0.2) is 0 Å². The third kappa shape index (κ3) is 4.69. The molecule has 1 aliphatic rings. The van der Waals surface area contributed by atoms with Gasteiger partial charge in [0.25, 0.3) is 5.91 Å². The van der Waals surface area contributed by atoms with Gasteiger partial charge in [0.05, 0.1) is 13.2 Å². The van der Waals surface area contributed by atoms with Crippen molar-refractivity contribution in [3.8, 4) is 11.3 Å². The molecular weight excluding hydrogens is 372 g/mol. The van der Waals surface area contributed by atoms with Crippen molar-refractivity contribution in [2.45, 2.75) is 6.42 Å². The highest BCUT2D eigenvalue weighted by Gasteiger charge is 2.13. The highest BCUT2D eigenvalue weighted by atomic mass is 79.9. The van der Waals surface area contributed by atoms with E-state index in [1.807, 2.05) is 30.3 Å². The van der Waals surface area contributed by atoms with Crippen LogP contribution in [0.4, 0.5) is 0 Å². The highest BCUT2D eigenvalue weighted by molar-refractivity contribution is 9.10. The average molecular weight is 393 g/mol. The predicted molar refractivity (Wildman–Crippen MR) is 96.1 cm³/mol. The molecule has 5 nitrogen and oxygen atoms in total. The zero-order chi connectivity index (χ0) is 16.8. The van der Waals surface area contributed by atoms with Gasteiger partial charge in [-0.1, -0.05) is 28.1 Å². The normalized spacial score (nSPS) is 15.4. The number of furan rings is 1. The van der Waals surface area contributed by atoms with Crippen molar-refractivity contribution >= 4 is 21.8 Å². The van der Waals surface area contributed by atoms with Crippen LogP contribution in [0.5, 0.6) is 0 Å². The Kier molecular flexibility index (Phi) is 6.07. The summed E-state index contributed by atoms with van der Waals surface area (Å²) < 4.78 is 12.0. The molecule has 0 radical (unpaired) electrons. The standard InChI is InChI=1S/C18H21BrN2O3/c19-15-4-2-14(3-5-15)16-6-7-17(24-16)18(22)20-8-1-9-21-10-12-23-13-11-21/h2-7H,1,8-13H2,(H,20,22). The number of nitrogens with zero attached hydrogens (tertiary/aromatic N) is 1. The van der Waals surface area contributed by atoms with Gasteiger partial charge in [0.2, 0.25) is 0 Å². The summed E-state index contributed by atoms with van der Waals surface area (Å²) in [6.45, 7) is 5.18. The van der Waals surface area contributed by atoms with Gasteiger partial charge >= 0.3 is 0 Å². The Labute approximate surface area is 150 Å². The molecule has 1 saturated heterocycles. The number of ether oxygens (including phenoxy) is 1. The molecule has 6 heteroatoms. The van der Waals surface area contributed by atoms with Gasteiger partial charge < -0.3 is 14.5 Å². The van der Waals surface area contributed by atoms with Crippen molar-refractivity contribution in [3.05, 3.63) is 46.6 Å². The Hall–Kier alpha value is -1.63. The molecule has 2 heterocycles. The van der Waals surface area contributed by atoms with Crippen LogP contribution in [-0.2, 0) is 4.74 Å². The summed E-state index contributed by atoms with van der Waals surface area (Å²) in [5.41, 5.74) is 0.949. The van der Waals surface area contributed by atoms with Crippen LogP contribution < -0.4 is 5.32 Å². The fraction of sp³-hybridized carbons (Fsp3) is 0.389. The van der Waals surface area contributed by atoms with E-state index >= 15 is 0 Å². The van der Waals surface area contributed by atoms with E-state index < -0.39 is 0 Å². The van der Waals surface area contributed by atoms with E-state index in [0.717, 1.165) is 49.3 Å². The summed E-state index contributed by atoms with van der Waals surface area (Å²) in [6, 6.07) is 11.3. The number of amides is 1. The Morgan fingerprint density at radius 1 is 1.12 bits per heavy atom. The van der Waals surface area contributed by atoms with E-state index in [-0.39, 0.29) is 5.91 Å². The first kappa shape index (κ1) is 17.2. The number of benzene rings is 1. The molecule has 128 valence electrons. The summed E-state index contributed by atoms with van der Waals surface area (Å²) in [6.07, 6.45) is 0.923. The maximum absolute atomic E-state index is 12.1. The highest BCUT2D eigenvalue weighted by Crippen LogP contribution is 2.23. The van der Waals surface area contributed by atoms with Crippen LogP contribution in [0.15, 0.2) is 45.3 Å². The van der Waals surface area contributed by atoms with Crippen LogP contribution in [-0.4, -0.2) is 50.2 Å². The van der Waals surface area contributed by atoms with Crippen molar-refractivity contribution in [3.63, 3.8) is 0 Å². The second kappa shape index (κ2) is 8.46. The molecule has 0 saturated carbocycles. The molecule has 0 atom stereocenters. The fourth-order valence-electron chi connectivity index (χ4n) is 2.65. The van der Waals surface area contributed by atoms with E-state index in [0.29, 0.717) is 18.1 Å². The third-order valence-electron chi connectivity index (χ3n) is 4.00. The van der Waals surface area contributed by atoms with Crippen molar-refractivity contribution in [1.29, 1.82) is 0 Å². The van der Waals surface area contributed by atoms with E-state index in [2.05, 4.69) is 26.1 Å². The van der Waals surface area contributed by atoms with Crippen LogP contribution in [0.1, 0.15) is 17.0 Å². The fourth-order valence-corrected chi connectivity index (χ4v) is 2.91. The minimum atomic E-state index is -0.166. The number of carbonyl (C=O) groups excluding carboxylic acids is 1. The van der Waals surface area contributed by atoms with E-state index in [1.54, 1.807) is 6.07 Å². The molecule has 0 spiro atoms. The SMILES string of the molecule is O=C(NCCCN1CCOCC1)c1ccc(-c2ccc(Br)cc2)o1. The van der Waals surface area contributed by atoms with Crippen LogP contribution in [0.3, 0.4) is 0 Å². The van der Waals surface area contributed by atoms with Gasteiger partial charge in [-0.3, -0.25) is 9.69 Å². The van der Waals surface area contributed by atoms with Crippen LogP contribution in [0.25, 0.3) is 11.3 Å². The van der Waals surface area contributed by atoms with Crippen molar-refractivity contribution < 1.29 is 13.9 Å². The second-order valence-corrected chi connectivity index (χ2v) is 6.65. The molecule has 1 N–H and O–H groups in total. The quantitative estimate of drug-likeness (QED) is 0.767. The zero-order valence-corrected chi connectivity index (χ0v) is 15.0. The Balaban J connectivity index is 1.46. The lowest BCUT2D eigenvalue weighted by Crippen LogP contribution is -2.38. The summed E-state index contributed by atoms with van der Waals surface area (Å²) >= 11 is 3.41. The van der Waals surface area contributed by atoms with Gasteiger partial charge in [0, 0.05) is 29.7 Å². The molecule has 1 fully saturated rings. The van der Waals surface area contributed by atoms with E-state index in [9.17, 15) is 4.79 Å². The van der Waals surface area contributed by atoms with E-state index in [4.69, 9.17) is 9.15 Å². The van der Waals surface area contributed by atoms with Crippen LogP contribution in [0, 0.1) is 0 Å². The van der Waals surface area contributed by atoms with Crippen molar-refractivity contribution in [2.75, 3.05) is 39.4 Å². The Bertz CT molecular complexity index is 663. The zero-order valence-electron chi connectivity index (χ0n) is 13.5. The Morgan fingerprint density at radius 3 is 2.62 bits per heavy atom. The summed E-state index contributed by atoms with van der Waals surface area (Å²) in [4.78, 5) is 14.5. The maximum atomic E-state index is 12.1. The summed E-state index contributed by atoms with van der Waals surface area (Å²) in [5, 5.41) is 2.91. The number of halogens is 1. The van der Waals surface area contributed by atoms with E-state index in [1.165, 1.54) is 0 Å². The molecule has 0 aliphatic carbocycles. The minimum absolute atomic E-state index is 0.166. The molecule has 3 rings (SSSR count). The number of hydrogen-bond donors (Lipinski definition) is 1. The monoisotopic (exact) mass is 392 g/mol. The van der Waals surface area contributed by atoms with Crippen molar-refractivity contribution in [2.24, 2.45) is 0 Å². The predicted octanol–water partition coefficient (Wildman–Crippen LogP) is 3.16. The molecule has 1 aliphatic heterocycles. The lowest BCUT2D eigenvalue weighted by Gasteiger charge is -2.26. The van der Waals surface area contributed by atoms with Crippen LogP contribution in [0.2, 0.25) is 0 Å². The lowest BCUT2D eigenvalue weighted by molar-refractivity contribution is 0.0374. The topological polar surface area (TPSA) is 54.7 Å².